The summed E-state index contributed by atoms with van der Waals surface area (Å²) in [5, 5.41) is 3.06. The van der Waals surface area contributed by atoms with Gasteiger partial charge in [-0.25, -0.2) is 4.57 Å². The minimum absolute atomic E-state index is 0.0417. The van der Waals surface area contributed by atoms with Gasteiger partial charge in [0.1, 0.15) is 19.3 Å². The third-order valence-electron chi connectivity index (χ3n) is 15.1. The minimum atomic E-state index is -4.45. The third kappa shape index (κ3) is 58.7. The summed E-state index contributed by atoms with van der Waals surface area (Å²) in [5.74, 6) is -0.494. The van der Waals surface area contributed by atoms with E-state index in [1.54, 1.807) is 0 Å². The monoisotopic (exact) mass is 1110 g/mol. The number of nitrogens with zero attached hydrogens (tertiary/aromatic N) is 1. The fraction of sp³-hybridized carbons (Fsp3) is 0.881. The molecule has 0 aromatic heterocycles. The normalized spacial score (nSPS) is 13.8. The Labute approximate surface area is 478 Å². The van der Waals surface area contributed by atoms with E-state index in [1.165, 1.54) is 231 Å². The highest BCUT2D eigenvalue weighted by Gasteiger charge is 2.30. The largest absolute Gasteiger partial charge is 0.472 e. The van der Waals surface area contributed by atoms with Crippen LogP contribution in [0.2, 0.25) is 0 Å². The number of carbonyl (C=O) groups is 2. The van der Waals surface area contributed by atoms with Crippen molar-refractivity contribution in [2.75, 3.05) is 40.9 Å². The van der Waals surface area contributed by atoms with Crippen LogP contribution in [0.5, 0.6) is 0 Å². The molecule has 454 valence electrons. The average Bonchev–Trinajstić information content (AvgIpc) is 3.39. The van der Waals surface area contributed by atoms with Crippen molar-refractivity contribution in [1.29, 1.82) is 0 Å². The molecule has 3 unspecified atom stereocenters. The Morgan fingerprint density at radius 2 is 0.792 bits per heavy atom. The number of likely N-dealkylation sites (N-methyl/N-ethyl adjacent to an activating group) is 1. The van der Waals surface area contributed by atoms with Gasteiger partial charge in [0.25, 0.3) is 0 Å². The quantitative estimate of drug-likeness (QED) is 0.0205. The van der Waals surface area contributed by atoms with Crippen LogP contribution >= 0.6 is 7.82 Å². The Hall–Kier alpha value is -1.77. The summed E-state index contributed by atoms with van der Waals surface area (Å²) < 4.78 is 30.7. The first-order valence-electron chi connectivity index (χ1n) is 33.3. The van der Waals surface area contributed by atoms with Crippen LogP contribution in [0.3, 0.4) is 0 Å². The molecular weight excluding hydrogens is 976 g/mol. The van der Waals surface area contributed by atoms with Gasteiger partial charge in [0.2, 0.25) is 5.91 Å². The number of esters is 1. The van der Waals surface area contributed by atoms with E-state index >= 15 is 0 Å². The molecule has 0 aromatic rings. The number of allylic oxidation sites excluding steroid dienone is 5. The first kappa shape index (κ1) is 75.2. The molecule has 0 aromatic carbocycles. The maximum atomic E-state index is 13.6. The van der Waals surface area contributed by atoms with Crippen molar-refractivity contribution in [3.05, 3.63) is 36.5 Å². The van der Waals surface area contributed by atoms with Crippen LogP contribution in [0, 0.1) is 0 Å². The molecule has 0 spiro atoms. The summed E-state index contributed by atoms with van der Waals surface area (Å²) in [4.78, 5) is 37.8. The predicted molar refractivity (Wildman–Crippen MR) is 332 cm³/mol. The molecule has 0 aliphatic rings. The van der Waals surface area contributed by atoms with E-state index in [1.807, 2.05) is 33.3 Å². The predicted octanol–water partition coefficient (Wildman–Crippen LogP) is 20.7. The van der Waals surface area contributed by atoms with Crippen LogP contribution in [-0.4, -0.2) is 74.3 Å². The van der Waals surface area contributed by atoms with Crippen LogP contribution in [0.25, 0.3) is 0 Å². The second-order valence-corrected chi connectivity index (χ2v) is 25.5. The second kappa shape index (κ2) is 57.5. The van der Waals surface area contributed by atoms with Gasteiger partial charge in [-0.2, -0.15) is 0 Å². The first-order valence-corrected chi connectivity index (χ1v) is 34.8. The summed E-state index contributed by atoms with van der Waals surface area (Å²) in [6, 6.07) is -0.847. The topological polar surface area (TPSA) is 111 Å². The lowest BCUT2D eigenvalue weighted by molar-refractivity contribution is -0.870. The number of ether oxygens (including phenoxy) is 1. The maximum Gasteiger partial charge on any atom is 0.472 e. The Morgan fingerprint density at radius 1 is 0.455 bits per heavy atom. The fourth-order valence-electron chi connectivity index (χ4n) is 9.91. The van der Waals surface area contributed by atoms with Crippen molar-refractivity contribution in [2.24, 2.45) is 0 Å². The average molecular weight is 1110 g/mol. The molecule has 0 radical (unpaired) electrons. The van der Waals surface area contributed by atoms with E-state index in [2.05, 4.69) is 50.4 Å². The number of amides is 1. The van der Waals surface area contributed by atoms with Gasteiger partial charge in [0.15, 0.2) is 0 Å². The second-order valence-electron chi connectivity index (χ2n) is 24.0. The molecular formula is C67H130N2O7P+. The fourth-order valence-corrected chi connectivity index (χ4v) is 10.7. The minimum Gasteiger partial charge on any atom is -0.456 e. The Kier molecular flexibility index (Phi) is 56.1. The van der Waals surface area contributed by atoms with Crippen molar-refractivity contribution in [1.82, 2.24) is 5.32 Å². The van der Waals surface area contributed by atoms with Crippen molar-refractivity contribution in [3.63, 3.8) is 0 Å². The molecule has 2 N–H and O–H groups in total. The number of hydrogen-bond donors (Lipinski definition) is 2. The van der Waals surface area contributed by atoms with Gasteiger partial charge in [0.05, 0.1) is 33.8 Å². The molecule has 9 nitrogen and oxygen atoms in total. The molecule has 0 heterocycles. The molecule has 0 saturated carbocycles. The van der Waals surface area contributed by atoms with Crippen LogP contribution in [0.15, 0.2) is 36.5 Å². The molecule has 0 aliphatic carbocycles. The number of unbranched alkanes of at least 4 members (excludes halogenated alkanes) is 41. The Balaban J connectivity index is 5.10. The number of carbonyl (C=O) groups excluding carboxylic acids is 2. The maximum absolute atomic E-state index is 13.6. The summed E-state index contributed by atoms with van der Waals surface area (Å²) in [6.07, 6.45) is 70.0. The van der Waals surface area contributed by atoms with Gasteiger partial charge in [-0.1, -0.05) is 289 Å². The number of phosphoric acid groups is 1. The molecule has 10 heteroatoms. The van der Waals surface area contributed by atoms with E-state index in [9.17, 15) is 19.0 Å². The van der Waals surface area contributed by atoms with E-state index in [-0.39, 0.29) is 25.1 Å². The van der Waals surface area contributed by atoms with Crippen LogP contribution in [-0.2, 0) is 27.9 Å². The van der Waals surface area contributed by atoms with E-state index in [4.69, 9.17) is 13.8 Å². The summed E-state index contributed by atoms with van der Waals surface area (Å²) in [5.41, 5.74) is 0. The SMILES string of the molecule is CCCCC/C=C\C/C=C\CCCCCCCCCCCC(=O)NC(COP(=O)(O)OCC[N+](C)(C)C)C(/C=C/CCCCCCCCCCC)OC(=O)CCCCCCCCCCCCCCCCCCCCCCC. The zero-order chi connectivity index (χ0) is 56.4. The molecule has 0 aliphatic heterocycles. The van der Waals surface area contributed by atoms with Crippen LogP contribution < -0.4 is 5.32 Å². The van der Waals surface area contributed by atoms with Gasteiger partial charge in [-0.05, 0) is 63.9 Å². The zero-order valence-electron chi connectivity index (χ0n) is 52.0. The number of nitrogens with one attached hydrogen (secondary N) is 1. The smallest absolute Gasteiger partial charge is 0.456 e. The van der Waals surface area contributed by atoms with Crippen molar-refractivity contribution >= 4 is 19.7 Å². The highest BCUT2D eigenvalue weighted by Crippen LogP contribution is 2.43. The molecule has 0 fully saturated rings. The molecule has 77 heavy (non-hydrogen) atoms. The lowest BCUT2D eigenvalue weighted by Crippen LogP contribution is -2.47. The van der Waals surface area contributed by atoms with E-state index < -0.39 is 20.0 Å². The lowest BCUT2D eigenvalue weighted by atomic mass is 10.0. The van der Waals surface area contributed by atoms with Gasteiger partial charge >= 0.3 is 13.8 Å². The highest BCUT2D eigenvalue weighted by molar-refractivity contribution is 7.47. The Morgan fingerprint density at radius 3 is 1.19 bits per heavy atom. The highest BCUT2D eigenvalue weighted by atomic mass is 31.2. The molecule has 1 amide bonds. The van der Waals surface area contributed by atoms with E-state index in [0.29, 0.717) is 23.9 Å². The number of hydrogen-bond acceptors (Lipinski definition) is 6. The van der Waals surface area contributed by atoms with Crippen LogP contribution in [0.4, 0.5) is 0 Å². The van der Waals surface area contributed by atoms with Gasteiger partial charge < -0.3 is 19.4 Å². The molecule has 3 atom stereocenters. The molecule has 0 saturated heterocycles. The summed E-state index contributed by atoms with van der Waals surface area (Å²) in [6.45, 7) is 7.03. The van der Waals surface area contributed by atoms with Crippen molar-refractivity contribution < 1.29 is 37.3 Å². The summed E-state index contributed by atoms with van der Waals surface area (Å²) >= 11 is 0. The van der Waals surface area contributed by atoms with Crippen LogP contribution in [0.1, 0.15) is 329 Å². The van der Waals surface area contributed by atoms with Gasteiger partial charge in [-0.3, -0.25) is 18.6 Å². The van der Waals surface area contributed by atoms with Gasteiger partial charge in [-0.15, -0.1) is 0 Å². The number of phosphoric ester groups is 1. The summed E-state index contributed by atoms with van der Waals surface area (Å²) in [7, 11) is 1.51. The Bertz CT molecular complexity index is 1410. The molecule has 0 bridgehead atoms. The van der Waals surface area contributed by atoms with Gasteiger partial charge in [0, 0.05) is 12.8 Å². The van der Waals surface area contributed by atoms with E-state index in [0.717, 1.165) is 64.2 Å². The third-order valence-corrected chi connectivity index (χ3v) is 16.1. The number of rotatable bonds is 61. The lowest BCUT2D eigenvalue weighted by Gasteiger charge is -2.27. The van der Waals surface area contributed by atoms with Crippen molar-refractivity contribution in [2.45, 2.75) is 341 Å². The van der Waals surface area contributed by atoms with Crippen molar-refractivity contribution in [3.8, 4) is 0 Å². The first-order chi connectivity index (χ1) is 37.4. The zero-order valence-corrected chi connectivity index (χ0v) is 52.9. The number of quaternary nitrogens is 1. The molecule has 0 rings (SSSR count). The standard InChI is InChI=1S/C67H129N2O7P/c1-7-10-13-16-19-22-25-27-29-31-33-34-36-38-40-42-45-48-51-54-57-60-67(71)76-65(58-55-52-49-46-43-24-21-18-15-12-9-3)64(63-75-77(72,73)74-62-61-69(4,5)6)68-66(70)59-56-53-50-47-44-41-39-37-35-32-30-28-26-23-20-17-14-11-8-2/h20,23,28,30,55,58,64-65H,7-19,21-22,24-27,29,31-54,56-57,59-63H2,1-6H3,(H-,68,70,72,73)/p+1/b23-20-,30-28-,58-55+.